The maximum atomic E-state index is 12.7. The van der Waals surface area contributed by atoms with Crippen LogP contribution in [-0.4, -0.2) is 25.6 Å². The Kier molecular flexibility index (Phi) is 4.77. The first-order valence-electron chi connectivity index (χ1n) is 5.58. The predicted molar refractivity (Wildman–Crippen MR) is 67.4 cm³/mol. The van der Waals surface area contributed by atoms with Crippen LogP contribution in [0.1, 0.15) is 18.1 Å². The Morgan fingerprint density at radius 3 is 2.58 bits per heavy atom. The van der Waals surface area contributed by atoms with Crippen molar-refractivity contribution >= 4 is 11.5 Å². The van der Waals surface area contributed by atoms with Crippen LogP contribution in [0.15, 0.2) is 18.2 Å². The SMILES string of the molecule is COC(C)CNc1ccc(C(F)(F)F)c(C(=N)N)c1. The first kappa shape index (κ1) is 15.3. The summed E-state index contributed by atoms with van der Waals surface area (Å²) >= 11 is 0. The predicted octanol–water partition coefficient (Wildman–Crippen LogP) is 2.44. The average molecular weight is 275 g/mol. The van der Waals surface area contributed by atoms with Gasteiger partial charge in [0.2, 0.25) is 0 Å². The normalized spacial score (nSPS) is 13.1. The summed E-state index contributed by atoms with van der Waals surface area (Å²) in [5.74, 6) is -0.615. The fourth-order valence-corrected chi connectivity index (χ4v) is 1.47. The second kappa shape index (κ2) is 5.92. The van der Waals surface area contributed by atoms with Crippen LogP contribution in [0.25, 0.3) is 0 Å². The van der Waals surface area contributed by atoms with Crippen molar-refractivity contribution in [2.24, 2.45) is 5.73 Å². The number of halogens is 3. The minimum atomic E-state index is -4.53. The molecule has 0 aliphatic carbocycles. The molecule has 1 aromatic carbocycles. The van der Waals surface area contributed by atoms with Gasteiger partial charge < -0.3 is 15.8 Å². The van der Waals surface area contributed by atoms with E-state index in [0.717, 1.165) is 6.07 Å². The van der Waals surface area contributed by atoms with Crippen molar-refractivity contribution < 1.29 is 17.9 Å². The molecule has 4 nitrogen and oxygen atoms in total. The van der Waals surface area contributed by atoms with E-state index in [1.807, 2.05) is 6.92 Å². The van der Waals surface area contributed by atoms with Crippen LogP contribution >= 0.6 is 0 Å². The van der Waals surface area contributed by atoms with Crippen molar-refractivity contribution in [1.29, 1.82) is 5.41 Å². The van der Waals surface area contributed by atoms with Crippen LogP contribution in [0, 0.1) is 5.41 Å². The van der Waals surface area contributed by atoms with E-state index >= 15 is 0 Å². The minimum absolute atomic E-state index is 0.0805. The van der Waals surface area contributed by atoms with Crippen molar-refractivity contribution in [1.82, 2.24) is 0 Å². The average Bonchev–Trinajstić information content (AvgIpc) is 2.34. The molecule has 0 saturated carbocycles. The Bertz CT molecular complexity index is 460. The largest absolute Gasteiger partial charge is 0.417 e. The highest BCUT2D eigenvalue weighted by Crippen LogP contribution is 2.33. The first-order chi connectivity index (χ1) is 8.75. The number of nitrogens with two attached hydrogens (primary N) is 1. The summed E-state index contributed by atoms with van der Waals surface area (Å²) in [4.78, 5) is 0. The first-order valence-corrected chi connectivity index (χ1v) is 5.58. The summed E-state index contributed by atoms with van der Waals surface area (Å²) in [5.41, 5.74) is 4.41. The Morgan fingerprint density at radius 2 is 2.11 bits per heavy atom. The fraction of sp³-hybridized carbons (Fsp3) is 0.417. The summed E-state index contributed by atoms with van der Waals surface area (Å²) in [6, 6.07) is 3.43. The molecule has 1 rings (SSSR count). The van der Waals surface area contributed by atoms with Gasteiger partial charge in [0.15, 0.2) is 0 Å². The van der Waals surface area contributed by atoms with E-state index in [1.165, 1.54) is 12.1 Å². The van der Waals surface area contributed by atoms with E-state index in [1.54, 1.807) is 7.11 Å². The molecule has 0 amide bonds. The third-order valence-electron chi connectivity index (χ3n) is 2.61. The zero-order valence-corrected chi connectivity index (χ0v) is 10.6. The molecule has 4 N–H and O–H groups in total. The van der Waals surface area contributed by atoms with Crippen molar-refractivity contribution in [2.45, 2.75) is 19.2 Å². The highest BCUT2D eigenvalue weighted by Gasteiger charge is 2.34. The van der Waals surface area contributed by atoms with Gasteiger partial charge in [-0.25, -0.2) is 0 Å². The Hall–Kier alpha value is -1.76. The molecule has 0 fully saturated rings. The number of alkyl halides is 3. The van der Waals surface area contributed by atoms with Crippen LogP contribution in [-0.2, 0) is 10.9 Å². The number of methoxy groups -OCH3 is 1. The van der Waals surface area contributed by atoms with Crippen molar-refractivity contribution in [3.05, 3.63) is 29.3 Å². The molecule has 0 bridgehead atoms. The molecule has 1 unspecified atom stereocenters. The number of ether oxygens (including phenoxy) is 1. The third kappa shape index (κ3) is 4.13. The van der Waals surface area contributed by atoms with E-state index in [2.05, 4.69) is 5.32 Å². The molecular formula is C12H16F3N3O. The van der Waals surface area contributed by atoms with Crippen molar-refractivity contribution in [2.75, 3.05) is 19.0 Å². The molecule has 0 spiro atoms. The van der Waals surface area contributed by atoms with Gasteiger partial charge in [-0.3, -0.25) is 5.41 Å². The molecule has 0 radical (unpaired) electrons. The number of amidine groups is 1. The molecule has 0 aromatic heterocycles. The van der Waals surface area contributed by atoms with Crippen LogP contribution < -0.4 is 11.1 Å². The number of hydrogen-bond acceptors (Lipinski definition) is 3. The Balaban J connectivity index is 3.00. The van der Waals surface area contributed by atoms with Gasteiger partial charge in [0.1, 0.15) is 5.84 Å². The molecule has 1 aromatic rings. The number of nitrogen functional groups attached to an aromatic ring is 1. The topological polar surface area (TPSA) is 71.1 Å². The van der Waals surface area contributed by atoms with E-state index in [4.69, 9.17) is 15.9 Å². The van der Waals surface area contributed by atoms with Gasteiger partial charge in [-0.1, -0.05) is 0 Å². The third-order valence-corrected chi connectivity index (χ3v) is 2.61. The molecule has 1 atom stereocenters. The van der Waals surface area contributed by atoms with Gasteiger partial charge in [0.05, 0.1) is 11.7 Å². The van der Waals surface area contributed by atoms with Crippen molar-refractivity contribution in [3.8, 4) is 0 Å². The zero-order chi connectivity index (χ0) is 14.6. The van der Waals surface area contributed by atoms with Gasteiger partial charge >= 0.3 is 6.18 Å². The van der Waals surface area contributed by atoms with E-state index in [-0.39, 0.29) is 11.7 Å². The van der Waals surface area contributed by atoms with E-state index in [9.17, 15) is 13.2 Å². The maximum Gasteiger partial charge on any atom is 0.417 e. The second-order valence-corrected chi connectivity index (χ2v) is 4.10. The molecule has 0 aliphatic heterocycles. The molecule has 0 saturated heterocycles. The molecule has 7 heteroatoms. The Morgan fingerprint density at radius 1 is 1.47 bits per heavy atom. The monoisotopic (exact) mass is 275 g/mol. The lowest BCUT2D eigenvalue weighted by molar-refractivity contribution is -0.137. The van der Waals surface area contributed by atoms with Crippen LogP contribution in [0.4, 0.5) is 18.9 Å². The molecular weight excluding hydrogens is 259 g/mol. The maximum absolute atomic E-state index is 12.7. The number of anilines is 1. The molecule has 106 valence electrons. The summed E-state index contributed by atoms with van der Waals surface area (Å²) in [5, 5.41) is 10.2. The summed E-state index contributed by atoms with van der Waals surface area (Å²) in [6.07, 6.45) is -4.61. The molecule has 0 heterocycles. The van der Waals surface area contributed by atoms with E-state index < -0.39 is 17.6 Å². The van der Waals surface area contributed by atoms with Gasteiger partial charge in [-0.05, 0) is 25.1 Å². The van der Waals surface area contributed by atoms with Gasteiger partial charge in [-0.15, -0.1) is 0 Å². The standard InChI is InChI=1S/C12H16F3N3O/c1-7(19-2)6-18-8-3-4-10(12(13,14)15)9(5-8)11(16)17/h3-5,7,18H,6H2,1-2H3,(H3,16,17). The zero-order valence-electron chi connectivity index (χ0n) is 10.6. The van der Waals surface area contributed by atoms with Gasteiger partial charge in [0.25, 0.3) is 0 Å². The van der Waals surface area contributed by atoms with E-state index in [0.29, 0.717) is 12.2 Å². The number of rotatable bonds is 5. The lowest BCUT2D eigenvalue weighted by atomic mass is 10.1. The number of benzene rings is 1. The molecule has 0 aliphatic rings. The molecule has 19 heavy (non-hydrogen) atoms. The smallest absolute Gasteiger partial charge is 0.384 e. The summed E-state index contributed by atoms with van der Waals surface area (Å²) < 4.78 is 43.2. The van der Waals surface area contributed by atoms with Gasteiger partial charge in [-0.2, -0.15) is 13.2 Å². The van der Waals surface area contributed by atoms with Gasteiger partial charge in [0, 0.05) is 24.9 Å². The summed E-state index contributed by atoms with van der Waals surface area (Å²) in [6.45, 7) is 2.27. The number of nitrogens with one attached hydrogen (secondary N) is 2. The van der Waals surface area contributed by atoms with Crippen molar-refractivity contribution in [3.63, 3.8) is 0 Å². The second-order valence-electron chi connectivity index (χ2n) is 4.10. The number of hydrogen-bond donors (Lipinski definition) is 3. The van der Waals surface area contributed by atoms with Crippen LogP contribution in [0.2, 0.25) is 0 Å². The lowest BCUT2D eigenvalue weighted by Gasteiger charge is -2.16. The highest BCUT2D eigenvalue weighted by molar-refractivity contribution is 5.97. The van der Waals surface area contributed by atoms with Crippen LogP contribution in [0.5, 0.6) is 0 Å². The lowest BCUT2D eigenvalue weighted by Crippen LogP contribution is -2.21. The highest BCUT2D eigenvalue weighted by atomic mass is 19.4. The fourth-order valence-electron chi connectivity index (χ4n) is 1.47. The quantitative estimate of drug-likeness (QED) is 0.571. The minimum Gasteiger partial charge on any atom is -0.384 e. The Labute approximate surface area is 109 Å². The summed E-state index contributed by atoms with van der Waals surface area (Å²) in [7, 11) is 1.54. The van der Waals surface area contributed by atoms with Crippen LogP contribution in [0.3, 0.4) is 0 Å².